The summed E-state index contributed by atoms with van der Waals surface area (Å²) in [5, 5.41) is 9.22. The van der Waals surface area contributed by atoms with E-state index in [-0.39, 0.29) is 27.7 Å². The molecule has 2 aromatic rings. The molecule has 2 aromatic carbocycles. The van der Waals surface area contributed by atoms with Crippen molar-refractivity contribution in [1.29, 1.82) is 0 Å². The van der Waals surface area contributed by atoms with Crippen LogP contribution < -0.4 is 4.72 Å². The fourth-order valence-electron chi connectivity index (χ4n) is 2.84. The number of benzene rings is 2. The lowest BCUT2D eigenvalue weighted by Crippen LogP contribution is -2.24. The van der Waals surface area contributed by atoms with Gasteiger partial charge >= 0.3 is 5.97 Å². The molecule has 0 aliphatic rings. The van der Waals surface area contributed by atoms with Crippen molar-refractivity contribution >= 4 is 45.0 Å². The second-order valence-corrected chi connectivity index (χ2v) is 9.40. The molecular weight excluding hydrogens is 449 g/mol. The summed E-state index contributed by atoms with van der Waals surface area (Å²) in [6.07, 6.45) is 3.95. The normalized spacial score (nSPS) is 11.4. The molecule has 0 aromatic heterocycles. The number of carboxylic acids is 1. The molecular formula is C21H23Cl2NO5S. The first-order valence-corrected chi connectivity index (χ1v) is 11.8. The minimum Gasteiger partial charge on any atom is -0.481 e. The molecule has 0 amide bonds. The molecule has 0 unspecified atom stereocenters. The summed E-state index contributed by atoms with van der Waals surface area (Å²) in [6, 6.07) is 10.2. The first-order valence-electron chi connectivity index (χ1n) is 9.52. The summed E-state index contributed by atoms with van der Waals surface area (Å²) in [4.78, 5) is 23.1. The summed E-state index contributed by atoms with van der Waals surface area (Å²) in [6.45, 7) is 0.294. The average Bonchev–Trinajstić information content (AvgIpc) is 2.69. The maximum Gasteiger partial charge on any atom is 0.303 e. The Balaban J connectivity index is 1.87. The van der Waals surface area contributed by atoms with Gasteiger partial charge in [-0.25, -0.2) is 13.1 Å². The summed E-state index contributed by atoms with van der Waals surface area (Å²) >= 11 is 11.9. The van der Waals surface area contributed by atoms with E-state index in [4.69, 9.17) is 28.3 Å². The van der Waals surface area contributed by atoms with Crippen molar-refractivity contribution in [2.45, 2.75) is 43.4 Å². The predicted octanol–water partition coefficient (Wildman–Crippen LogP) is 4.93. The molecule has 0 spiro atoms. The molecule has 0 aliphatic heterocycles. The van der Waals surface area contributed by atoms with E-state index >= 15 is 0 Å². The number of nitrogens with one attached hydrogen (secondary N) is 1. The van der Waals surface area contributed by atoms with Gasteiger partial charge in [-0.3, -0.25) is 9.59 Å². The number of aliphatic carboxylic acids is 1. The smallest absolute Gasteiger partial charge is 0.303 e. The number of hydrogen-bond acceptors (Lipinski definition) is 4. The predicted molar refractivity (Wildman–Crippen MR) is 117 cm³/mol. The van der Waals surface area contributed by atoms with E-state index in [1.807, 2.05) is 0 Å². The molecule has 0 atom stereocenters. The van der Waals surface area contributed by atoms with E-state index < -0.39 is 16.0 Å². The number of rotatable bonds is 12. The largest absolute Gasteiger partial charge is 0.481 e. The molecule has 9 heteroatoms. The number of carbonyl (C=O) groups excluding carboxylic acids is 1. The summed E-state index contributed by atoms with van der Waals surface area (Å²) in [5.74, 6) is -1.12. The average molecular weight is 472 g/mol. The van der Waals surface area contributed by atoms with Crippen molar-refractivity contribution in [2.75, 3.05) is 6.54 Å². The monoisotopic (exact) mass is 471 g/mol. The molecule has 0 fully saturated rings. The third-order valence-electron chi connectivity index (χ3n) is 4.46. The van der Waals surface area contributed by atoms with Gasteiger partial charge in [0.2, 0.25) is 10.0 Å². The van der Waals surface area contributed by atoms with E-state index in [2.05, 4.69) is 4.72 Å². The van der Waals surface area contributed by atoms with Crippen LogP contribution >= 0.6 is 23.2 Å². The second kappa shape index (κ2) is 11.5. The minimum atomic E-state index is -3.67. The van der Waals surface area contributed by atoms with Crippen LogP contribution in [0.4, 0.5) is 0 Å². The number of carboxylic acid groups (broad SMARTS) is 1. The van der Waals surface area contributed by atoms with E-state index in [1.54, 1.807) is 6.07 Å². The number of unbranched alkanes of at least 4 members (excludes halogenated alkanes) is 4. The topological polar surface area (TPSA) is 101 Å². The van der Waals surface area contributed by atoms with Crippen LogP contribution in [0.3, 0.4) is 0 Å². The number of halogens is 2. The standard InChI is InChI=1S/C21H23Cl2NO5S/c22-16-9-12-18(19(23)14-16)21(27)15-7-10-17(11-8-15)30(28,29)24-13-5-3-1-2-4-6-20(25)26/h7-12,14,24H,1-6,13H2,(H,25,26). The van der Waals surface area contributed by atoms with Crippen LogP contribution in [0.25, 0.3) is 0 Å². The first kappa shape index (κ1) is 24.3. The van der Waals surface area contributed by atoms with Gasteiger partial charge < -0.3 is 5.11 Å². The Labute approximate surface area is 186 Å². The van der Waals surface area contributed by atoms with Crippen molar-refractivity contribution in [3.05, 3.63) is 63.6 Å². The van der Waals surface area contributed by atoms with Crippen LogP contribution in [-0.4, -0.2) is 31.8 Å². The highest BCUT2D eigenvalue weighted by Crippen LogP contribution is 2.24. The Bertz CT molecular complexity index is 991. The zero-order valence-electron chi connectivity index (χ0n) is 16.2. The van der Waals surface area contributed by atoms with E-state index in [1.165, 1.54) is 36.4 Å². The molecule has 162 valence electrons. The van der Waals surface area contributed by atoms with Gasteiger partial charge in [-0.1, -0.05) is 42.5 Å². The Morgan fingerprint density at radius 2 is 1.53 bits per heavy atom. The molecule has 0 bridgehead atoms. The fraction of sp³-hybridized carbons (Fsp3) is 0.333. The number of ketones is 1. The third-order valence-corrected chi connectivity index (χ3v) is 6.49. The lowest BCUT2D eigenvalue weighted by atomic mass is 10.0. The van der Waals surface area contributed by atoms with Gasteiger partial charge in [-0.2, -0.15) is 0 Å². The van der Waals surface area contributed by atoms with Crippen molar-refractivity contribution < 1.29 is 23.1 Å². The Morgan fingerprint density at radius 3 is 2.17 bits per heavy atom. The van der Waals surface area contributed by atoms with Crippen molar-refractivity contribution in [3.63, 3.8) is 0 Å². The SMILES string of the molecule is O=C(O)CCCCCCCNS(=O)(=O)c1ccc(C(=O)c2ccc(Cl)cc2Cl)cc1. The van der Waals surface area contributed by atoms with Gasteiger partial charge in [0.1, 0.15) is 0 Å². The summed E-state index contributed by atoms with van der Waals surface area (Å²) < 4.78 is 27.3. The zero-order valence-corrected chi connectivity index (χ0v) is 18.6. The molecule has 0 radical (unpaired) electrons. The molecule has 2 rings (SSSR count). The van der Waals surface area contributed by atoms with Gasteiger partial charge in [-0.15, -0.1) is 0 Å². The maximum atomic E-state index is 12.6. The quantitative estimate of drug-likeness (QED) is 0.337. The van der Waals surface area contributed by atoms with E-state index in [9.17, 15) is 18.0 Å². The van der Waals surface area contributed by atoms with Crippen LogP contribution in [-0.2, 0) is 14.8 Å². The molecule has 2 N–H and O–H groups in total. The van der Waals surface area contributed by atoms with Crippen LogP contribution in [0.15, 0.2) is 47.4 Å². The van der Waals surface area contributed by atoms with Crippen molar-refractivity contribution in [2.24, 2.45) is 0 Å². The van der Waals surface area contributed by atoms with E-state index in [0.29, 0.717) is 30.0 Å². The number of carbonyl (C=O) groups is 2. The summed E-state index contributed by atoms with van der Waals surface area (Å²) in [7, 11) is -3.67. The first-order chi connectivity index (χ1) is 14.2. The van der Waals surface area contributed by atoms with Gasteiger partial charge in [-0.05, 0) is 55.3 Å². The van der Waals surface area contributed by atoms with Gasteiger partial charge in [0.25, 0.3) is 0 Å². The lowest BCUT2D eigenvalue weighted by molar-refractivity contribution is -0.137. The lowest BCUT2D eigenvalue weighted by Gasteiger charge is -2.08. The molecule has 0 aliphatic carbocycles. The van der Waals surface area contributed by atoms with Crippen LogP contribution in [0.5, 0.6) is 0 Å². The highest BCUT2D eigenvalue weighted by atomic mass is 35.5. The van der Waals surface area contributed by atoms with Gasteiger partial charge in [0.15, 0.2) is 5.78 Å². The van der Waals surface area contributed by atoms with Crippen LogP contribution in [0.2, 0.25) is 10.0 Å². The van der Waals surface area contributed by atoms with Crippen molar-refractivity contribution in [3.8, 4) is 0 Å². The number of sulfonamides is 1. The Morgan fingerprint density at radius 1 is 0.900 bits per heavy atom. The molecule has 0 saturated carbocycles. The summed E-state index contributed by atoms with van der Waals surface area (Å²) in [5.41, 5.74) is 0.609. The van der Waals surface area contributed by atoms with Crippen LogP contribution in [0.1, 0.15) is 54.4 Å². The number of hydrogen-bond donors (Lipinski definition) is 2. The van der Waals surface area contributed by atoms with Crippen molar-refractivity contribution in [1.82, 2.24) is 4.72 Å². The fourth-order valence-corrected chi connectivity index (χ4v) is 4.40. The van der Waals surface area contributed by atoms with E-state index in [0.717, 1.165) is 19.3 Å². The van der Waals surface area contributed by atoms with Gasteiger partial charge in [0, 0.05) is 29.1 Å². The third kappa shape index (κ3) is 7.40. The van der Waals surface area contributed by atoms with Crippen LogP contribution in [0, 0.1) is 0 Å². The molecule has 6 nitrogen and oxygen atoms in total. The molecule has 0 saturated heterocycles. The highest BCUT2D eigenvalue weighted by molar-refractivity contribution is 7.89. The zero-order chi connectivity index (χ0) is 22.1. The molecule has 30 heavy (non-hydrogen) atoms. The maximum absolute atomic E-state index is 12.6. The molecule has 0 heterocycles. The Hall–Kier alpha value is -1.93. The second-order valence-electron chi connectivity index (χ2n) is 6.79. The highest BCUT2D eigenvalue weighted by Gasteiger charge is 2.17. The minimum absolute atomic E-state index is 0.0720. The van der Waals surface area contributed by atoms with Gasteiger partial charge in [0.05, 0.1) is 9.92 Å². The Kier molecular flexibility index (Phi) is 9.30.